The van der Waals surface area contributed by atoms with E-state index in [4.69, 9.17) is 5.73 Å². The van der Waals surface area contributed by atoms with Gasteiger partial charge in [0.05, 0.1) is 5.69 Å². The molecule has 3 heteroatoms. The summed E-state index contributed by atoms with van der Waals surface area (Å²) >= 11 is 1.63. The summed E-state index contributed by atoms with van der Waals surface area (Å²) in [5.41, 5.74) is 9.76. The van der Waals surface area contributed by atoms with Crippen molar-refractivity contribution < 1.29 is 0 Å². The summed E-state index contributed by atoms with van der Waals surface area (Å²) < 4.78 is 0. The van der Waals surface area contributed by atoms with Gasteiger partial charge >= 0.3 is 0 Å². The molecule has 0 aliphatic carbocycles. The minimum atomic E-state index is 0.695. The van der Waals surface area contributed by atoms with Crippen LogP contribution >= 0.6 is 11.3 Å². The Morgan fingerprint density at radius 2 is 2.00 bits per heavy atom. The van der Waals surface area contributed by atoms with Gasteiger partial charge in [-0.25, -0.2) is 4.98 Å². The van der Waals surface area contributed by atoms with Gasteiger partial charge in [0.2, 0.25) is 0 Å². The Hall–Kier alpha value is -1.35. The summed E-state index contributed by atoms with van der Waals surface area (Å²) in [6.07, 6.45) is 4.18. The fraction of sp³-hybridized carbons (Fsp3) is 0.400. The van der Waals surface area contributed by atoms with Crippen molar-refractivity contribution in [3.05, 3.63) is 46.0 Å². The van der Waals surface area contributed by atoms with E-state index in [1.54, 1.807) is 11.3 Å². The van der Waals surface area contributed by atoms with Gasteiger partial charge in [-0.2, -0.15) is 0 Å². The molecule has 0 aliphatic rings. The lowest BCUT2D eigenvalue weighted by molar-refractivity contribution is 0.879. The van der Waals surface area contributed by atoms with Crippen LogP contribution in [0.1, 0.15) is 42.0 Å². The first-order valence-corrected chi connectivity index (χ1v) is 7.36. The number of nitrogens with zero attached hydrogens (tertiary/aromatic N) is 1. The molecule has 0 saturated heterocycles. The first kappa shape index (κ1) is 13.1. The van der Waals surface area contributed by atoms with Crippen molar-refractivity contribution in [2.24, 2.45) is 0 Å². The highest BCUT2D eigenvalue weighted by Gasteiger charge is 2.09. The molecule has 0 amide bonds. The predicted octanol–water partition coefficient (Wildman–Crippen LogP) is 3.83. The average Bonchev–Trinajstić information content (AvgIpc) is 2.70. The van der Waals surface area contributed by atoms with Crippen LogP contribution in [0.15, 0.2) is 24.3 Å². The van der Waals surface area contributed by atoms with Crippen LogP contribution < -0.4 is 5.73 Å². The molecule has 2 nitrogen and oxygen atoms in total. The van der Waals surface area contributed by atoms with Crippen molar-refractivity contribution in [2.75, 3.05) is 5.73 Å². The molecule has 96 valence electrons. The van der Waals surface area contributed by atoms with Gasteiger partial charge in [0.15, 0.2) is 5.13 Å². The molecule has 0 radical (unpaired) electrons. The zero-order valence-corrected chi connectivity index (χ0v) is 11.9. The van der Waals surface area contributed by atoms with Crippen LogP contribution in [0.25, 0.3) is 0 Å². The van der Waals surface area contributed by atoms with Gasteiger partial charge in [0.1, 0.15) is 0 Å². The van der Waals surface area contributed by atoms with Crippen LogP contribution in [0, 0.1) is 0 Å². The summed E-state index contributed by atoms with van der Waals surface area (Å²) in [5, 5.41) is 0.695. The monoisotopic (exact) mass is 260 g/mol. The Labute approximate surface area is 113 Å². The van der Waals surface area contributed by atoms with Gasteiger partial charge in [-0.15, -0.1) is 11.3 Å². The van der Waals surface area contributed by atoms with E-state index in [1.165, 1.54) is 21.7 Å². The third-order valence-electron chi connectivity index (χ3n) is 3.05. The third kappa shape index (κ3) is 3.10. The largest absolute Gasteiger partial charge is 0.375 e. The van der Waals surface area contributed by atoms with Crippen LogP contribution in [-0.2, 0) is 19.3 Å². The van der Waals surface area contributed by atoms with Gasteiger partial charge in [-0.3, -0.25) is 0 Å². The second-order valence-corrected chi connectivity index (χ2v) is 5.64. The maximum atomic E-state index is 5.83. The first-order chi connectivity index (χ1) is 8.72. The molecular formula is C15H20N2S. The van der Waals surface area contributed by atoms with E-state index in [1.807, 2.05) is 0 Å². The average molecular weight is 260 g/mol. The zero-order chi connectivity index (χ0) is 13.0. The second-order valence-electron chi connectivity index (χ2n) is 4.52. The maximum absolute atomic E-state index is 5.83. The van der Waals surface area contributed by atoms with E-state index in [-0.39, 0.29) is 0 Å². The van der Waals surface area contributed by atoms with E-state index < -0.39 is 0 Å². The van der Waals surface area contributed by atoms with Gasteiger partial charge in [0.25, 0.3) is 0 Å². The molecule has 0 aliphatic heterocycles. The third-order valence-corrected chi connectivity index (χ3v) is 3.97. The SMILES string of the molecule is CCCc1nc(N)sc1Cc1cccc(CC)c1. The van der Waals surface area contributed by atoms with Crippen molar-refractivity contribution in [3.8, 4) is 0 Å². The molecule has 1 aromatic heterocycles. The number of benzene rings is 1. The van der Waals surface area contributed by atoms with E-state index in [9.17, 15) is 0 Å². The van der Waals surface area contributed by atoms with Gasteiger partial charge in [-0.05, 0) is 24.0 Å². The van der Waals surface area contributed by atoms with Crippen LogP contribution in [-0.4, -0.2) is 4.98 Å². The number of hydrogen-bond acceptors (Lipinski definition) is 3. The highest BCUT2D eigenvalue weighted by atomic mass is 32.1. The Morgan fingerprint density at radius 3 is 2.72 bits per heavy atom. The summed E-state index contributed by atoms with van der Waals surface area (Å²) in [6, 6.07) is 8.78. The van der Waals surface area contributed by atoms with E-state index in [0.717, 1.165) is 25.7 Å². The quantitative estimate of drug-likeness (QED) is 0.887. The number of aryl methyl sites for hydroxylation is 2. The Morgan fingerprint density at radius 1 is 1.22 bits per heavy atom. The lowest BCUT2D eigenvalue weighted by Crippen LogP contribution is -1.93. The molecule has 18 heavy (non-hydrogen) atoms. The topological polar surface area (TPSA) is 38.9 Å². The summed E-state index contributed by atoms with van der Waals surface area (Å²) in [4.78, 5) is 5.76. The summed E-state index contributed by atoms with van der Waals surface area (Å²) in [5.74, 6) is 0. The summed E-state index contributed by atoms with van der Waals surface area (Å²) in [6.45, 7) is 4.36. The molecule has 0 unspecified atom stereocenters. The van der Waals surface area contributed by atoms with E-state index in [2.05, 4.69) is 43.1 Å². The second kappa shape index (κ2) is 6.01. The van der Waals surface area contributed by atoms with Crippen molar-refractivity contribution >= 4 is 16.5 Å². The van der Waals surface area contributed by atoms with Gasteiger partial charge in [0, 0.05) is 11.3 Å². The smallest absolute Gasteiger partial charge is 0.180 e. The zero-order valence-electron chi connectivity index (χ0n) is 11.1. The Kier molecular flexibility index (Phi) is 4.37. The number of nitrogen functional groups attached to an aromatic ring is 1. The minimum Gasteiger partial charge on any atom is -0.375 e. The number of aromatic nitrogens is 1. The van der Waals surface area contributed by atoms with Gasteiger partial charge < -0.3 is 5.73 Å². The molecule has 2 rings (SSSR count). The molecule has 2 N–H and O–H groups in total. The van der Waals surface area contributed by atoms with Crippen LogP contribution in [0.5, 0.6) is 0 Å². The van der Waals surface area contributed by atoms with Crippen LogP contribution in [0.4, 0.5) is 5.13 Å². The lowest BCUT2D eigenvalue weighted by atomic mass is 10.0. The minimum absolute atomic E-state index is 0.695. The maximum Gasteiger partial charge on any atom is 0.180 e. The fourth-order valence-electron chi connectivity index (χ4n) is 2.12. The summed E-state index contributed by atoms with van der Waals surface area (Å²) in [7, 11) is 0. The number of nitrogens with two attached hydrogens (primary N) is 1. The fourth-order valence-corrected chi connectivity index (χ4v) is 3.03. The first-order valence-electron chi connectivity index (χ1n) is 6.54. The van der Waals surface area contributed by atoms with E-state index >= 15 is 0 Å². The predicted molar refractivity (Wildman–Crippen MR) is 79.1 cm³/mol. The molecule has 1 heterocycles. The van der Waals surface area contributed by atoms with E-state index in [0.29, 0.717) is 5.13 Å². The highest BCUT2D eigenvalue weighted by molar-refractivity contribution is 7.15. The lowest BCUT2D eigenvalue weighted by Gasteiger charge is -2.04. The van der Waals surface area contributed by atoms with Crippen LogP contribution in [0.2, 0.25) is 0 Å². The Bertz CT molecular complexity index is 517. The van der Waals surface area contributed by atoms with Crippen LogP contribution in [0.3, 0.4) is 0 Å². The molecule has 2 aromatic rings. The van der Waals surface area contributed by atoms with Crippen molar-refractivity contribution in [1.29, 1.82) is 0 Å². The normalized spacial score (nSPS) is 10.8. The molecule has 0 saturated carbocycles. The molecule has 1 aromatic carbocycles. The molecule has 0 spiro atoms. The molecular weight excluding hydrogens is 240 g/mol. The highest BCUT2D eigenvalue weighted by Crippen LogP contribution is 2.25. The number of rotatable bonds is 5. The number of thiazole rings is 1. The van der Waals surface area contributed by atoms with Gasteiger partial charge in [-0.1, -0.05) is 44.5 Å². The molecule has 0 atom stereocenters. The van der Waals surface area contributed by atoms with Crippen molar-refractivity contribution in [3.63, 3.8) is 0 Å². The van der Waals surface area contributed by atoms with Crippen molar-refractivity contribution in [2.45, 2.75) is 39.5 Å². The Balaban J connectivity index is 2.21. The number of hydrogen-bond donors (Lipinski definition) is 1. The molecule has 0 fully saturated rings. The number of anilines is 1. The standard InChI is InChI=1S/C15H20N2S/c1-3-6-13-14(18-15(16)17-13)10-12-8-5-7-11(4-2)9-12/h5,7-9H,3-4,6,10H2,1-2H3,(H2,16,17). The van der Waals surface area contributed by atoms with Crippen molar-refractivity contribution in [1.82, 2.24) is 4.98 Å². The molecule has 0 bridgehead atoms.